The number of aromatic nitrogens is 2. The molecular formula is C10H15N3O2S. The summed E-state index contributed by atoms with van der Waals surface area (Å²) in [4.78, 5) is 7.41. The molecule has 0 aliphatic carbocycles. The van der Waals surface area contributed by atoms with Crippen LogP contribution in [0.15, 0.2) is 17.8 Å². The average Bonchev–Trinajstić information content (AvgIpc) is 2.78. The Balaban J connectivity index is 2.03. The Morgan fingerprint density at radius 3 is 2.69 bits per heavy atom. The normalized spacial score (nSPS) is 11.7. The molecule has 2 aromatic rings. The van der Waals surface area contributed by atoms with E-state index in [1.165, 1.54) is 0 Å². The highest BCUT2D eigenvalue weighted by molar-refractivity contribution is 7.15. The zero-order chi connectivity index (χ0) is 11.4. The standard InChI is InChI=1S/C10H15N3O2S/c14-4-1-12(2-5-15)7-9-8-13-3-6-16-10(13)11-9/h3,6,8,14-15H,1-2,4-5,7H2. The lowest BCUT2D eigenvalue weighted by Gasteiger charge is -2.18. The highest BCUT2D eigenvalue weighted by atomic mass is 32.1. The minimum Gasteiger partial charge on any atom is -0.395 e. The Kier molecular flexibility index (Phi) is 3.89. The van der Waals surface area contributed by atoms with E-state index in [4.69, 9.17) is 10.2 Å². The second-order valence-electron chi connectivity index (χ2n) is 3.55. The first-order valence-corrected chi connectivity index (χ1v) is 6.06. The largest absolute Gasteiger partial charge is 0.395 e. The summed E-state index contributed by atoms with van der Waals surface area (Å²) in [6, 6.07) is 0. The number of nitrogens with zero attached hydrogens (tertiary/aromatic N) is 3. The Hall–Kier alpha value is -0.950. The van der Waals surface area contributed by atoms with E-state index in [-0.39, 0.29) is 13.2 Å². The van der Waals surface area contributed by atoms with Gasteiger partial charge in [-0.3, -0.25) is 9.30 Å². The van der Waals surface area contributed by atoms with Crippen LogP contribution in [0.4, 0.5) is 0 Å². The third-order valence-corrected chi connectivity index (χ3v) is 3.13. The number of hydrogen-bond acceptors (Lipinski definition) is 5. The lowest BCUT2D eigenvalue weighted by Crippen LogP contribution is -2.29. The van der Waals surface area contributed by atoms with Crippen molar-refractivity contribution < 1.29 is 10.2 Å². The molecular weight excluding hydrogens is 226 g/mol. The summed E-state index contributed by atoms with van der Waals surface area (Å²) in [7, 11) is 0. The topological polar surface area (TPSA) is 61.0 Å². The number of aliphatic hydroxyl groups excluding tert-OH is 2. The third kappa shape index (κ3) is 2.59. The summed E-state index contributed by atoms with van der Waals surface area (Å²) in [5, 5.41) is 19.8. The highest BCUT2D eigenvalue weighted by Gasteiger charge is 2.08. The van der Waals surface area contributed by atoms with Gasteiger partial charge in [-0.05, 0) is 0 Å². The maximum absolute atomic E-state index is 8.89. The summed E-state index contributed by atoms with van der Waals surface area (Å²) in [6.45, 7) is 1.98. The van der Waals surface area contributed by atoms with Gasteiger partial charge >= 0.3 is 0 Å². The maximum Gasteiger partial charge on any atom is 0.193 e. The number of imidazole rings is 1. The second kappa shape index (κ2) is 5.40. The van der Waals surface area contributed by atoms with Gasteiger partial charge in [0.1, 0.15) is 0 Å². The summed E-state index contributed by atoms with van der Waals surface area (Å²) in [6.07, 6.45) is 3.95. The van der Waals surface area contributed by atoms with Crippen molar-refractivity contribution in [3.63, 3.8) is 0 Å². The molecule has 0 aromatic carbocycles. The highest BCUT2D eigenvalue weighted by Crippen LogP contribution is 2.12. The van der Waals surface area contributed by atoms with Gasteiger partial charge in [-0.25, -0.2) is 4.98 Å². The smallest absolute Gasteiger partial charge is 0.193 e. The molecule has 0 bridgehead atoms. The van der Waals surface area contributed by atoms with Gasteiger partial charge in [-0.1, -0.05) is 0 Å². The molecule has 2 heterocycles. The Bertz CT molecular complexity index is 405. The van der Waals surface area contributed by atoms with E-state index < -0.39 is 0 Å². The molecule has 0 aliphatic heterocycles. The van der Waals surface area contributed by atoms with Gasteiger partial charge in [-0.15, -0.1) is 11.3 Å². The lowest BCUT2D eigenvalue weighted by atomic mass is 10.4. The Labute approximate surface area is 97.6 Å². The fourth-order valence-corrected chi connectivity index (χ4v) is 2.35. The first kappa shape index (κ1) is 11.5. The van der Waals surface area contributed by atoms with Gasteiger partial charge < -0.3 is 10.2 Å². The second-order valence-corrected chi connectivity index (χ2v) is 4.42. The van der Waals surface area contributed by atoms with Gasteiger partial charge in [0.05, 0.1) is 18.9 Å². The fourth-order valence-electron chi connectivity index (χ4n) is 1.63. The number of thiazole rings is 1. The summed E-state index contributed by atoms with van der Waals surface area (Å²) in [5.41, 5.74) is 0.966. The van der Waals surface area contributed by atoms with Gasteiger partial charge in [0.25, 0.3) is 0 Å². The van der Waals surface area contributed by atoms with Crippen LogP contribution in [-0.2, 0) is 6.54 Å². The predicted molar refractivity (Wildman–Crippen MR) is 62.5 cm³/mol. The van der Waals surface area contributed by atoms with Crippen molar-refractivity contribution in [2.75, 3.05) is 26.3 Å². The Morgan fingerprint density at radius 2 is 2.06 bits per heavy atom. The zero-order valence-electron chi connectivity index (χ0n) is 8.91. The van der Waals surface area contributed by atoms with E-state index in [2.05, 4.69) is 4.98 Å². The summed E-state index contributed by atoms with van der Waals surface area (Å²) in [5.74, 6) is 0. The molecule has 0 atom stereocenters. The molecule has 2 aromatic heterocycles. The van der Waals surface area contributed by atoms with Gasteiger partial charge in [0.15, 0.2) is 4.96 Å². The molecule has 16 heavy (non-hydrogen) atoms. The van der Waals surface area contributed by atoms with Crippen LogP contribution in [-0.4, -0.2) is 50.8 Å². The van der Waals surface area contributed by atoms with Crippen molar-refractivity contribution in [3.8, 4) is 0 Å². The number of hydrogen-bond donors (Lipinski definition) is 2. The first-order valence-electron chi connectivity index (χ1n) is 5.18. The van der Waals surface area contributed by atoms with Crippen LogP contribution in [0, 0.1) is 0 Å². The van der Waals surface area contributed by atoms with Crippen molar-refractivity contribution in [2.24, 2.45) is 0 Å². The van der Waals surface area contributed by atoms with Crippen LogP contribution in [0.5, 0.6) is 0 Å². The van der Waals surface area contributed by atoms with E-state index in [1.807, 2.05) is 27.1 Å². The SMILES string of the molecule is OCCN(CCO)Cc1cn2ccsc2n1. The quantitative estimate of drug-likeness (QED) is 0.757. The van der Waals surface area contributed by atoms with E-state index >= 15 is 0 Å². The molecule has 88 valence electrons. The number of rotatable bonds is 6. The van der Waals surface area contributed by atoms with Crippen molar-refractivity contribution in [2.45, 2.75) is 6.54 Å². The van der Waals surface area contributed by atoms with E-state index in [1.54, 1.807) is 11.3 Å². The third-order valence-electron chi connectivity index (χ3n) is 2.36. The average molecular weight is 241 g/mol. The molecule has 0 aliphatic rings. The number of fused-ring (bicyclic) bond motifs is 1. The van der Waals surface area contributed by atoms with Gasteiger partial charge in [0, 0.05) is 37.4 Å². The van der Waals surface area contributed by atoms with Crippen LogP contribution >= 0.6 is 11.3 Å². The zero-order valence-corrected chi connectivity index (χ0v) is 9.73. The summed E-state index contributed by atoms with van der Waals surface area (Å²) >= 11 is 1.60. The molecule has 0 saturated carbocycles. The molecule has 2 N–H and O–H groups in total. The van der Waals surface area contributed by atoms with E-state index in [9.17, 15) is 0 Å². The minimum absolute atomic E-state index is 0.0994. The molecule has 2 rings (SSSR count). The predicted octanol–water partition coefficient (Wildman–Crippen LogP) is 0.182. The molecule has 0 fully saturated rings. The fraction of sp³-hybridized carbons (Fsp3) is 0.500. The lowest BCUT2D eigenvalue weighted by molar-refractivity contribution is 0.155. The van der Waals surface area contributed by atoms with Gasteiger partial charge in [-0.2, -0.15) is 0 Å². The molecule has 0 radical (unpaired) electrons. The van der Waals surface area contributed by atoms with Crippen LogP contribution in [0.2, 0.25) is 0 Å². The van der Waals surface area contributed by atoms with E-state index in [0.29, 0.717) is 19.6 Å². The van der Waals surface area contributed by atoms with Gasteiger partial charge in [0.2, 0.25) is 0 Å². The molecule has 0 unspecified atom stereocenters. The molecule has 5 nitrogen and oxygen atoms in total. The molecule has 0 spiro atoms. The van der Waals surface area contributed by atoms with Crippen LogP contribution in [0.3, 0.4) is 0 Å². The minimum atomic E-state index is 0.0994. The van der Waals surface area contributed by atoms with Crippen molar-refractivity contribution in [1.29, 1.82) is 0 Å². The molecule has 0 amide bonds. The van der Waals surface area contributed by atoms with Crippen molar-refractivity contribution in [1.82, 2.24) is 14.3 Å². The van der Waals surface area contributed by atoms with Crippen LogP contribution in [0.25, 0.3) is 4.96 Å². The van der Waals surface area contributed by atoms with Crippen molar-refractivity contribution >= 4 is 16.3 Å². The maximum atomic E-state index is 8.89. The van der Waals surface area contributed by atoms with E-state index in [0.717, 1.165) is 10.7 Å². The first-order chi connectivity index (χ1) is 7.83. The van der Waals surface area contributed by atoms with Crippen molar-refractivity contribution in [3.05, 3.63) is 23.5 Å². The monoisotopic (exact) mass is 241 g/mol. The summed E-state index contributed by atoms with van der Waals surface area (Å²) < 4.78 is 1.98. The van der Waals surface area contributed by atoms with Crippen LogP contribution in [0.1, 0.15) is 5.69 Å². The van der Waals surface area contributed by atoms with Crippen LogP contribution < -0.4 is 0 Å². The molecule has 0 saturated heterocycles. The number of aliphatic hydroxyl groups is 2. The molecule has 6 heteroatoms. The Morgan fingerprint density at radius 1 is 1.31 bits per heavy atom.